The lowest BCUT2D eigenvalue weighted by Crippen LogP contribution is -2.19. The molecule has 0 aliphatic carbocycles. The van der Waals surface area contributed by atoms with E-state index < -0.39 is 11.9 Å². The molecule has 1 aliphatic heterocycles. The van der Waals surface area contributed by atoms with Crippen LogP contribution in [0.2, 0.25) is 0 Å². The van der Waals surface area contributed by atoms with Gasteiger partial charge < -0.3 is 19.9 Å². The molecule has 0 spiro atoms. The Morgan fingerprint density at radius 1 is 1.28 bits per heavy atom. The fourth-order valence-electron chi connectivity index (χ4n) is 2.53. The van der Waals surface area contributed by atoms with E-state index in [9.17, 15) is 9.59 Å². The van der Waals surface area contributed by atoms with E-state index in [0.29, 0.717) is 41.9 Å². The Morgan fingerprint density at radius 2 is 2.04 bits per heavy atom. The molecule has 2 aromatic heterocycles. The van der Waals surface area contributed by atoms with Crippen molar-refractivity contribution in [2.45, 2.75) is 26.8 Å². The zero-order chi connectivity index (χ0) is 18.0. The predicted octanol–water partition coefficient (Wildman–Crippen LogP) is 1.39. The zero-order valence-electron chi connectivity index (χ0n) is 13.9. The highest BCUT2D eigenvalue weighted by atomic mass is 16.6. The number of carboxylic acid groups (broad SMARTS) is 1. The molecule has 0 unspecified atom stereocenters. The molecule has 0 aromatic carbocycles. The number of carboxylic acids is 1. The summed E-state index contributed by atoms with van der Waals surface area (Å²) in [5, 5.41) is 15.8. The van der Waals surface area contributed by atoms with Gasteiger partial charge in [0.05, 0.1) is 30.0 Å². The van der Waals surface area contributed by atoms with Crippen molar-refractivity contribution in [1.29, 1.82) is 0 Å². The molecule has 0 fully saturated rings. The van der Waals surface area contributed by atoms with E-state index in [1.54, 1.807) is 30.7 Å². The fourth-order valence-corrected chi connectivity index (χ4v) is 2.53. The molecule has 0 radical (unpaired) electrons. The second-order valence-corrected chi connectivity index (χ2v) is 5.56. The Kier molecular flexibility index (Phi) is 4.55. The molecule has 3 heterocycles. The largest absolute Gasteiger partial charge is 0.484 e. The molecular formula is C16H18N4O5. The summed E-state index contributed by atoms with van der Waals surface area (Å²) in [6.45, 7) is 4.60. The number of anilines is 1. The number of carbonyl (C=O) groups is 2. The highest BCUT2D eigenvalue weighted by molar-refractivity contribution is 6.03. The Balaban J connectivity index is 1.78. The number of pyridine rings is 1. The number of hydrogen-bond donors (Lipinski definition) is 2. The molecule has 9 heteroatoms. The van der Waals surface area contributed by atoms with E-state index in [-0.39, 0.29) is 18.7 Å². The summed E-state index contributed by atoms with van der Waals surface area (Å²) in [7, 11) is 0. The molecule has 0 saturated heterocycles. The maximum atomic E-state index is 12.5. The first-order valence-corrected chi connectivity index (χ1v) is 7.79. The lowest BCUT2D eigenvalue weighted by Gasteiger charge is -2.17. The summed E-state index contributed by atoms with van der Waals surface area (Å²) >= 11 is 0. The second-order valence-electron chi connectivity index (χ2n) is 5.56. The van der Waals surface area contributed by atoms with Gasteiger partial charge in [-0.15, -0.1) is 0 Å². The minimum atomic E-state index is -0.904. The van der Waals surface area contributed by atoms with Crippen LogP contribution in [0.5, 0.6) is 11.6 Å². The Morgan fingerprint density at radius 3 is 2.80 bits per heavy atom. The van der Waals surface area contributed by atoms with Gasteiger partial charge in [0.15, 0.2) is 5.75 Å². The van der Waals surface area contributed by atoms with E-state index in [1.165, 1.54) is 0 Å². The fraction of sp³-hybridized carbons (Fsp3) is 0.375. The third-order valence-corrected chi connectivity index (χ3v) is 3.80. The van der Waals surface area contributed by atoms with Gasteiger partial charge in [-0.05, 0) is 26.0 Å². The first-order chi connectivity index (χ1) is 12.0. The second kappa shape index (κ2) is 6.80. The van der Waals surface area contributed by atoms with Crippen LogP contribution in [0.25, 0.3) is 0 Å². The van der Waals surface area contributed by atoms with Crippen LogP contribution in [-0.4, -0.2) is 45.0 Å². The highest BCUT2D eigenvalue weighted by Gasteiger charge is 2.19. The number of carbonyl (C=O) groups excluding carboxylic acids is 1. The molecule has 2 aromatic rings. The van der Waals surface area contributed by atoms with Gasteiger partial charge in [-0.25, -0.2) is 4.98 Å². The van der Waals surface area contributed by atoms with Gasteiger partial charge in [0.2, 0.25) is 0 Å². The first-order valence-electron chi connectivity index (χ1n) is 7.79. The molecule has 0 saturated carbocycles. The van der Waals surface area contributed by atoms with Crippen molar-refractivity contribution >= 4 is 17.6 Å². The Hall–Kier alpha value is -3.10. The van der Waals surface area contributed by atoms with Crippen LogP contribution in [0.4, 0.5) is 5.69 Å². The Labute approximate surface area is 143 Å². The maximum absolute atomic E-state index is 12.5. The zero-order valence-corrected chi connectivity index (χ0v) is 13.9. The van der Waals surface area contributed by atoms with Gasteiger partial charge in [0, 0.05) is 0 Å². The minimum absolute atomic E-state index is 0.0426. The van der Waals surface area contributed by atoms with Gasteiger partial charge in [-0.1, -0.05) is 0 Å². The standard InChI is InChI=1S/C16H18N4O5/c1-9-14(10(2)20(19-9)6-5-13(21)22)18-15(23)11-3-4-12-16(17-11)25-8-7-24-12/h3-4H,5-8H2,1-2H3,(H,18,23)(H,21,22). The summed E-state index contributed by atoms with van der Waals surface area (Å²) in [4.78, 5) is 27.4. The van der Waals surface area contributed by atoms with Crippen molar-refractivity contribution in [3.63, 3.8) is 0 Å². The van der Waals surface area contributed by atoms with Gasteiger partial charge in [-0.2, -0.15) is 5.10 Å². The number of aryl methyl sites for hydroxylation is 2. The normalized spacial score (nSPS) is 12.7. The minimum Gasteiger partial charge on any atom is -0.484 e. The van der Waals surface area contributed by atoms with Crippen LogP contribution in [0.15, 0.2) is 12.1 Å². The van der Waals surface area contributed by atoms with E-state index in [1.807, 2.05) is 0 Å². The summed E-state index contributed by atoms with van der Waals surface area (Å²) in [5.41, 5.74) is 2.03. The highest BCUT2D eigenvalue weighted by Crippen LogP contribution is 2.28. The lowest BCUT2D eigenvalue weighted by atomic mass is 10.2. The number of aliphatic carboxylic acids is 1. The van der Waals surface area contributed by atoms with Crippen LogP contribution in [0, 0.1) is 13.8 Å². The Bertz CT molecular complexity index is 830. The van der Waals surface area contributed by atoms with E-state index in [2.05, 4.69) is 15.4 Å². The number of aromatic nitrogens is 3. The monoisotopic (exact) mass is 346 g/mol. The lowest BCUT2D eigenvalue weighted by molar-refractivity contribution is -0.137. The van der Waals surface area contributed by atoms with E-state index in [4.69, 9.17) is 14.6 Å². The molecule has 132 valence electrons. The molecular weight excluding hydrogens is 328 g/mol. The quantitative estimate of drug-likeness (QED) is 0.840. The average molecular weight is 346 g/mol. The van der Waals surface area contributed by atoms with Gasteiger partial charge >= 0.3 is 5.97 Å². The van der Waals surface area contributed by atoms with Crippen molar-refractivity contribution in [2.75, 3.05) is 18.5 Å². The molecule has 0 atom stereocenters. The van der Waals surface area contributed by atoms with Crippen LogP contribution in [0.3, 0.4) is 0 Å². The smallest absolute Gasteiger partial charge is 0.305 e. The van der Waals surface area contributed by atoms with Crippen molar-refractivity contribution in [2.24, 2.45) is 0 Å². The summed E-state index contributed by atoms with van der Waals surface area (Å²) in [6, 6.07) is 3.20. The average Bonchev–Trinajstić information content (AvgIpc) is 2.87. The molecule has 9 nitrogen and oxygen atoms in total. The number of rotatable bonds is 5. The SMILES string of the molecule is Cc1nn(CCC(=O)O)c(C)c1NC(=O)c1ccc2c(n1)OCCO2. The molecule has 3 rings (SSSR count). The molecule has 25 heavy (non-hydrogen) atoms. The summed E-state index contributed by atoms with van der Waals surface area (Å²) < 4.78 is 12.3. The molecule has 1 amide bonds. The number of nitrogens with zero attached hydrogens (tertiary/aromatic N) is 3. The number of hydrogen-bond acceptors (Lipinski definition) is 6. The number of nitrogens with one attached hydrogen (secondary N) is 1. The van der Waals surface area contributed by atoms with Crippen molar-refractivity contribution in [3.05, 3.63) is 29.2 Å². The van der Waals surface area contributed by atoms with E-state index >= 15 is 0 Å². The van der Waals surface area contributed by atoms with Crippen LogP contribution < -0.4 is 14.8 Å². The summed E-state index contributed by atoms with van der Waals surface area (Å²) in [5.74, 6) is -0.499. The van der Waals surface area contributed by atoms with E-state index in [0.717, 1.165) is 0 Å². The first kappa shape index (κ1) is 16.7. The number of fused-ring (bicyclic) bond motifs is 1. The van der Waals surface area contributed by atoms with Crippen LogP contribution >= 0.6 is 0 Å². The third-order valence-electron chi connectivity index (χ3n) is 3.80. The van der Waals surface area contributed by atoms with Gasteiger partial charge in [0.25, 0.3) is 11.8 Å². The van der Waals surface area contributed by atoms with Gasteiger partial charge in [0.1, 0.15) is 18.9 Å². The van der Waals surface area contributed by atoms with Crippen molar-refractivity contribution in [3.8, 4) is 11.6 Å². The topological polar surface area (TPSA) is 116 Å². The predicted molar refractivity (Wildman–Crippen MR) is 87.1 cm³/mol. The van der Waals surface area contributed by atoms with Crippen molar-refractivity contribution < 1.29 is 24.2 Å². The van der Waals surface area contributed by atoms with Crippen molar-refractivity contribution in [1.82, 2.24) is 14.8 Å². The van der Waals surface area contributed by atoms with Crippen LogP contribution in [0.1, 0.15) is 28.3 Å². The molecule has 1 aliphatic rings. The number of ether oxygens (including phenoxy) is 2. The number of amides is 1. The third kappa shape index (κ3) is 3.54. The van der Waals surface area contributed by atoms with Gasteiger partial charge in [-0.3, -0.25) is 14.3 Å². The van der Waals surface area contributed by atoms with Crippen LogP contribution in [-0.2, 0) is 11.3 Å². The molecule has 2 N–H and O–H groups in total. The molecule has 0 bridgehead atoms. The maximum Gasteiger partial charge on any atom is 0.305 e. The summed E-state index contributed by atoms with van der Waals surface area (Å²) in [6.07, 6.45) is -0.0426.